The van der Waals surface area contributed by atoms with E-state index in [1.807, 2.05) is 6.07 Å². The van der Waals surface area contributed by atoms with E-state index < -0.39 is 11.8 Å². The Morgan fingerprint density at radius 2 is 1.44 bits per heavy atom. The summed E-state index contributed by atoms with van der Waals surface area (Å²) in [7, 11) is 0. The molecule has 3 amide bonds. The predicted molar refractivity (Wildman–Crippen MR) is 159 cm³/mol. The smallest absolute Gasteiger partial charge is 0.283 e. The lowest BCUT2D eigenvalue weighted by Crippen LogP contribution is -2.32. The summed E-state index contributed by atoms with van der Waals surface area (Å²) in [5, 5.41) is 6.34. The first-order valence-electron chi connectivity index (χ1n) is 12.8. The molecule has 0 radical (unpaired) electrons. The van der Waals surface area contributed by atoms with Crippen LogP contribution in [0.1, 0.15) is 61.8 Å². The highest BCUT2D eigenvalue weighted by Gasteiger charge is 2.39. The van der Waals surface area contributed by atoms with E-state index in [4.69, 9.17) is 23.2 Å². The van der Waals surface area contributed by atoms with Gasteiger partial charge in [-0.3, -0.25) is 14.4 Å². The molecule has 4 rings (SSSR count). The Morgan fingerprint density at radius 1 is 0.846 bits per heavy atom. The number of carbonyl (C=O) groups is 3. The maximum Gasteiger partial charge on any atom is 0.283 e. The van der Waals surface area contributed by atoms with E-state index in [9.17, 15) is 14.4 Å². The SMILES string of the molecule is Cc1c(Cl)cccc1N1C(=O)C(Cl)=C(Nc2ccc(CC(=O)Nc3c(C(C)C)cccc3C(C)C)cc2)C1=O. The molecular weight excluding hydrogens is 533 g/mol. The normalized spacial score (nSPS) is 13.6. The van der Waals surface area contributed by atoms with Gasteiger partial charge >= 0.3 is 0 Å². The third-order valence-corrected chi connectivity index (χ3v) is 7.49. The van der Waals surface area contributed by atoms with Crippen molar-refractivity contribution >= 4 is 58.0 Å². The van der Waals surface area contributed by atoms with Crippen LogP contribution in [0.15, 0.2) is 71.4 Å². The topological polar surface area (TPSA) is 78.5 Å². The van der Waals surface area contributed by atoms with Crippen LogP contribution in [-0.4, -0.2) is 17.7 Å². The number of hydrogen-bond acceptors (Lipinski definition) is 4. The highest BCUT2D eigenvalue weighted by Crippen LogP contribution is 2.35. The molecule has 3 aromatic rings. The fraction of sp³-hybridized carbons (Fsp3) is 0.258. The molecule has 0 aliphatic carbocycles. The van der Waals surface area contributed by atoms with Gasteiger partial charge in [0.1, 0.15) is 10.7 Å². The molecule has 2 N–H and O–H groups in total. The fourth-order valence-electron chi connectivity index (χ4n) is 4.58. The Morgan fingerprint density at radius 3 is 2.03 bits per heavy atom. The fourth-order valence-corrected chi connectivity index (χ4v) is 4.97. The molecule has 0 saturated carbocycles. The highest BCUT2D eigenvalue weighted by atomic mass is 35.5. The summed E-state index contributed by atoms with van der Waals surface area (Å²) in [6.07, 6.45) is 0.187. The number of halogens is 2. The van der Waals surface area contributed by atoms with Crippen molar-refractivity contribution in [3.8, 4) is 0 Å². The average molecular weight is 565 g/mol. The molecule has 0 aromatic heterocycles. The maximum atomic E-state index is 13.1. The van der Waals surface area contributed by atoms with Crippen LogP contribution in [0.3, 0.4) is 0 Å². The number of benzene rings is 3. The lowest BCUT2D eigenvalue weighted by Gasteiger charge is -2.20. The average Bonchev–Trinajstić information content (AvgIpc) is 3.09. The molecule has 1 aliphatic heterocycles. The second-order valence-electron chi connectivity index (χ2n) is 10.2. The summed E-state index contributed by atoms with van der Waals surface area (Å²) in [6, 6.07) is 18.2. The van der Waals surface area contributed by atoms with Crippen molar-refractivity contribution in [3.05, 3.63) is 98.7 Å². The van der Waals surface area contributed by atoms with Gasteiger partial charge in [0.15, 0.2) is 0 Å². The number of imide groups is 1. The summed E-state index contributed by atoms with van der Waals surface area (Å²) in [5.74, 6) is -0.752. The molecule has 0 saturated heterocycles. The monoisotopic (exact) mass is 563 g/mol. The van der Waals surface area contributed by atoms with Crippen molar-refractivity contribution in [1.82, 2.24) is 0 Å². The first-order valence-corrected chi connectivity index (χ1v) is 13.6. The largest absolute Gasteiger partial charge is 0.350 e. The number of rotatable bonds is 8. The molecule has 0 spiro atoms. The zero-order valence-corrected chi connectivity index (χ0v) is 24.1. The van der Waals surface area contributed by atoms with Crippen LogP contribution in [0, 0.1) is 6.92 Å². The van der Waals surface area contributed by atoms with Crippen LogP contribution < -0.4 is 15.5 Å². The zero-order valence-electron chi connectivity index (χ0n) is 22.6. The summed E-state index contributed by atoms with van der Waals surface area (Å²) in [6.45, 7) is 10.2. The molecule has 0 fully saturated rings. The molecule has 1 aliphatic rings. The number of carbonyl (C=O) groups excluding carboxylic acids is 3. The minimum atomic E-state index is -0.620. The van der Waals surface area contributed by atoms with Crippen LogP contribution in [0.4, 0.5) is 17.1 Å². The molecule has 0 unspecified atom stereocenters. The molecule has 0 bridgehead atoms. The van der Waals surface area contributed by atoms with E-state index >= 15 is 0 Å². The lowest BCUT2D eigenvalue weighted by molar-refractivity contribution is -0.120. The lowest BCUT2D eigenvalue weighted by atomic mass is 9.92. The van der Waals surface area contributed by atoms with Crippen LogP contribution >= 0.6 is 23.2 Å². The zero-order chi connectivity index (χ0) is 28.4. The van der Waals surface area contributed by atoms with Gasteiger partial charge in [0.2, 0.25) is 5.91 Å². The first-order chi connectivity index (χ1) is 18.5. The van der Waals surface area contributed by atoms with Gasteiger partial charge in [-0.05, 0) is 65.3 Å². The maximum absolute atomic E-state index is 13.1. The van der Waals surface area contributed by atoms with E-state index in [1.54, 1.807) is 49.4 Å². The van der Waals surface area contributed by atoms with Gasteiger partial charge in [0.25, 0.3) is 11.8 Å². The number of anilines is 3. The van der Waals surface area contributed by atoms with Crippen molar-refractivity contribution in [3.63, 3.8) is 0 Å². The Hall–Kier alpha value is -3.61. The van der Waals surface area contributed by atoms with Gasteiger partial charge in [-0.2, -0.15) is 0 Å². The molecule has 202 valence electrons. The summed E-state index contributed by atoms with van der Waals surface area (Å²) < 4.78 is 0. The van der Waals surface area contributed by atoms with Gasteiger partial charge in [-0.1, -0.05) is 87.3 Å². The third kappa shape index (κ3) is 5.87. The first kappa shape index (κ1) is 28.4. The second kappa shape index (κ2) is 11.6. The summed E-state index contributed by atoms with van der Waals surface area (Å²) >= 11 is 12.5. The van der Waals surface area contributed by atoms with Crippen LogP contribution in [0.25, 0.3) is 0 Å². The second-order valence-corrected chi connectivity index (χ2v) is 11.0. The van der Waals surface area contributed by atoms with E-state index in [1.165, 1.54) is 0 Å². The summed E-state index contributed by atoms with van der Waals surface area (Å²) in [5.41, 5.74) is 5.43. The molecule has 8 heteroatoms. The molecule has 3 aromatic carbocycles. The number of para-hydroxylation sites is 1. The van der Waals surface area contributed by atoms with Gasteiger partial charge < -0.3 is 10.6 Å². The van der Waals surface area contributed by atoms with Gasteiger partial charge in [0.05, 0.1) is 12.1 Å². The highest BCUT2D eigenvalue weighted by molar-refractivity contribution is 6.53. The van der Waals surface area contributed by atoms with Crippen molar-refractivity contribution in [2.75, 3.05) is 15.5 Å². The van der Waals surface area contributed by atoms with Crippen LogP contribution in [-0.2, 0) is 20.8 Å². The van der Waals surface area contributed by atoms with E-state index in [0.29, 0.717) is 22.0 Å². The summed E-state index contributed by atoms with van der Waals surface area (Å²) in [4.78, 5) is 40.0. The van der Waals surface area contributed by atoms with Crippen molar-refractivity contribution < 1.29 is 14.4 Å². The number of nitrogens with zero attached hydrogens (tertiary/aromatic N) is 1. The minimum Gasteiger partial charge on any atom is -0.350 e. The Balaban J connectivity index is 1.47. The molecule has 6 nitrogen and oxygen atoms in total. The van der Waals surface area contributed by atoms with Gasteiger partial charge in [-0.15, -0.1) is 0 Å². The molecular formula is C31H31Cl2N3O3. The molecule has 1 heterocycles. The van der Waals surface area contributed by atoms with E-state index in [0.717, 1.165) is 27.3 Å². The quantitative estimate of drug-likeness (QED) is 0.278. The van der Waals surface area contributed by atoms with Crippen molar-refractivity contribution in [2.45, 2.75) is 52.9 Å². The van der Waals surface area contributed by atoms with E-state index in [-0.39, 0.29) is 34.9 Å². The number of nitrogens with one attached hydrogen (secondary N) is 2. The minimum absolute atomic E-state index is 0.0157. The van der Waals surface area contributed by atoms with Crippen LogP contribution in [0.2, 0.25) is 5.02 Å². The molecule has 39 heavy (non-hydrogen) atoms. The Labute approximate surface area is 239 Å². The van der Waals surface area contributed by atoms with Crippen molar-refractivity contribution in [1.29, 1.82) is 0 Å². The van der Waals surface area contributed by atoms with Crippen molar-refractivity contribution in [2.24, 2.45) is 0 Å². The third-order valence-electron chi connectivity index (χ3n) is 6.73. The number of amides is 3. The van der Waals surface area contributed by atoms with E-state index in [2.05, 4.69) is 50.5 Å². The Bertz CT molecular complexity index is 1450. The Kier molecular flexibility index (Phi) is 8.48. The predicted octanol–water partition coefficient (Wildman–Crippen LogP) is 7.51. The molecule has 0 atom stereocenters. The van der Waals surface area contributed by atoms with Crippen LogP contribution in [0.5, 0.6) is 0 Å². The van der Waals surface area contributed by atoms with Gasteiger partial charge in [0, 0.05) is 16.4 Å². The number of hydrogen-bond donors (Lipinski definition) is 2. The standard InChI is InChI=1S/C31H31Cl2N3O3/c1-17(2)22-8-6-9-23(18(3)4)28(22)35-26(37)16-20-12-14-21(15-13-20)34-29-27(33)30(38)36(31(29)39)25-11-7-10-24(32)19(25)5/h6-15,17-18,34H,16H2,1-5H3,(H,35,37). The van der Waals surface area contributed by atoms with Gasteiger partial charge in [-0.25, -0.2) is 4.90 Å².